The van der Waals surface area contributed by atoms with Gasteiger partial charge in [0.1, 0.15) is 13.2 Å². The van der Waals surface area contributed by atoms with Gasteiger partial charge in [-0.3, -0.25) is 0 Å². The predicted octanol–water partition coefficient (Wildman–Crippen LogP) is 2.39. The number of aryl methyl sites for hydroxylation is 2. The largest absolute Gasteiger partial charge is 0.487 e. The Labute approximate surface area is 199 Å². The summed E-state index contributed by atoms with van der Waals surface area (Å²) in [6.45, 7) is 7.51. The van der Waals surface area contributed by atoms with Crippen LogP contribution in [-0.4, -0.2) is 66.7 Å². The number of hydrogen-bond donors (Lipinski definition) is 2. The number of aliphatic hydroxyl groups excluding tert-OH is 1. The molecule has 2 saturated heterocycles. The third-order valence-electron chi connectivity index (χ3n) is 7.05. The van der Waals surface area contributed by atoms with Gasteiger partial charge in [0.05, 0.1) is 24.9 Å². The van der Waals surface area contributed by atoms with Crippen LogP contribution < -0.4 is 19.7 Å². The summed E-state index contributed by atoms with van der Waals surface area (Å²) in [4.78, 5) is 10.9. The highest BCUT2D eigenvalue weighted by molar-refractivity contribution is 5.59. The summed E-state index contributed by atoms with van der Waals surface area (Å²) in [5, 5.41) is 12.6. The first kappa shape index (κ1) is 23.3. The van der Waals surface area contributed by atoms with Gasteiger partial charge < -0.3 is 29.5 Å². The zero-order valence-electron chi connectivity index (χ0n) is 19.8. The molecule has 4 unspecified atom stereocenters. The van der Waals surface area contributed by atoms with Gasteiger partial charge in [0.2, 0.25) is 0 Å². The molecule has 2 fully saturated rings. The van der Waals surface area contributed by atoms with Crippen LogP contribution in [0.2, 0.25) is 0 Å². The lowest BCUT2D eigenvalue weighted by Gasteiger charge is -2.32. The van der Waals surface area contributed by atoms with E-state index < -0.39 is 5.95 Å². The van der Waals surface area contributed by atoms with Crippen molar-refractivity contribution in [3.05, 3.63) is 41.1 Å². The van der Waals surface area contributed by atoms with Crippen LogP contribution in [0.1, 0.15) is 29.7 Å². The molecule has 0 spiro atoms. The molecule has 5 heterocycles. The lowest BCUT2D eigenvalue weighted by atomic mass is 10.1. The Kier molecular flexibility index (Phi) is 6.85. The van der Waals surface area contributed by atoms with Crippen molar-refractivity contribution in [1.82, 2.24) is 15.3 Å². The van der Waals surface area contributed by atoms with E-state index in [2.05, 4.69) is 20.2 Å². The number of anilines is 1. The standard InChI is InChI=1S/C25H33FN4O4/c1-15-3-4-27-25-23(15)34-14-21-7-18(9-30(21)25)11-32-12-20-5-16(2)22(24(26)29-20)33-13-19-6-17(10-31)8-28-19/h3-5,17-19,21,28,31H,6-14H2,1-2H3. The van der Waals surface area contributed by atoms with Crippen molar-refractivity contribution < 1.29 is 23.7 Å². The molecule has 184 valence electrons. The molecule has 0 radical (unpaired) electrons. The minimum Gasteiger partial charge on any atom is -0.487 e. The second-order valence-electron chi connectivity index (χ2n) is 9.77. The molecule has 2 N–H and O–H groups in total. The smallest absolute Gasteiger partial charge is 0.255 e. The fourth-order valence-corrected chi connectivity index (χ4v) is 5.26. The van der Waals surface area contributed by atoms with Crippen LogP contribution >= 0.6 is 0 Å². The molecule has 34 heavy (non-hydrogen) atoms. The number of aromatic nitrogens is 2. The van der Waals surface area contributed by atoms with E-state index in [0.29, 0.717) is 43.0 Å². The summed E-state index contributed by atoms with van der Waals surface area (Å²) in [6.07, 6.45) is 3.63. The molecule has 0 aliphatic carbocycles. The normalized spacial score (nSPS) is 25.7. The molecule has 8 nitrogen and oxygen atoms in total. The number of pyridine rings is 2. The number of nitrogens with zero attached hydrogens (tertiary/aromatic N) is 3. The average molecular weight is 473 g/mol. The van der Waals surface area contributed by atoms with Crippen LogP contribution in [0, 0.1) is 31.6 Å². The van der Waals surface area contributed by atoms with Crippen LogP contribution in [0.5, 0.6) is 11.5 Å². The van der Waals surface area contributed by atoms with Crippen molar-refractivity contribution in [2.75, 3.05) is 44.4 Å². The monoisotopic (exact) mass is 472 g/mol. The summed E-state index contributed by atoms with van der Waals surface area (Å²) >= 11 is 0. The van der Waals surface area contributed by atoms with Crippen molar-refractivity contribution in [1.29, 1.82) is 0 Å². The van der Waals surface area contributed by atoms with Gasteiger partial charge in [-0.25, -0.2) is 9.97 Å². The van der Waals surface area contributed by atoms with Crippen LogP contribution in [-0.2, 0) is 11.3 Å². The minimum atomic E-state index is -0.608. The number of fused-ring (bicyclic) bond motifs is 3. The van der Waals surface area contributed by atoms with Gasteiger partial charge in [-0.1, -0.05) is 0 Å². The molecule has 0 aromatic carbocycles. The number of aliphatic hydroxyl groups is 1. The first-order valence-corrected chi connectivity index (χ1v) is 12.1. The molecular formula is C25H33FN4O4. The second kappa shape index (κ2) is 10.0. The third-order valence-corrected chi connectivity index (χ3v) is 7.05. The molecule has 3 aliphatic heterocycles. The van der Waals surface area contributed by atoms with E-state index in [-0.39, 0.29) is 30.9 Å². The highest BCUT2D eigenvalue weighted by atomic mass is 19.1. The molecule has 5 rings (SSSR count). The number of hydrogen-bond acceptors (Lipinski definition) is 8. The summed E-state index contributed by atoms with van der Waals surface area (Å²) in [6, 6.07) is 4.22. The Morgan fingerprint density at radius 2 is 2.12 bits per heavy atom. The van der Waals surface area contributed by atoms with Crippen LogP contribution in [0.3, 0.4) is 0 Å². The van der Waals surface area contributed by atoms with Crippen molar-refractivity contribution in [2.24, 2.45) is 11.8 Å². The number of nitrogens with one attached hydrogen (secondary N) is 1. The van der Waals surface area contributed by atoms with Crippen molar-refractivity contribution in [2.45, 2.75) is 45.4 Å². The first-order valence-electron chi connectivity index (χ1n) is 12.1. The van der Waals surface area contributed by atoms with Gasteiger partial charge in [0, 0.05) is 37.9 Å². The van der Waals surface area contributed by atoms with E-state index in [1.807, 2.05) is 32.2 Å². The van der Waals surface area contributed by atoms with Gasteiger partial charge >= 0.3 is 0 Å². The van der Waals surface area contributed by atoms with Gasteiger partial charge in [-0.15, -0.1) is 0 Å². The third kappa shape index (κ3) is 4.82. The van der Waals surface area contributed by atoms with Gasteiger partial charge in [-0.2, -0.15) is 4.39 Å². The van der Waals surface area contributed by atoms with E-state index in [4.69, 9.17) is 14.2 Å². The molecule has 3 aliphatic rings. The Bertz CT molecular complexity index is 999. The molecule has 0 amide bonds. The van der Waals surface area contributed by atoms with E-state index in [9.17, 15) is 9.50 Å². The highest BCUT2D eigenvalue weighted by Crippen LogP contribution is 2.39. The maximum Gasteiger partial charge on any atom is 0.255 e. The van der Waals surface area contributed by atoms with E-state index in [0.717, 1.165) is 43.1 Å². The second-order valence-corrected chi connectivity index (χ2v) is 9.77. The van der Waals surface area contributed by atoms with Crippen molar-refractivity contribution in [3.63, 3.8) is 0 Å². The van der Waals surface area contributed by atoms with Crippen molar-refractivity contribution >= 4 is 5.82 Å². The Balaban J connectivity index is 1.12. The molecule has 4 atom stereocenters. The Hall–Kier alpha value is -2.49. The van der Waals surface area contributed by atoms with Crippen LogP contribution in [0.15, 0.2) is 18.3 Å². The van der Waals surface area contributed by atoms with Gasteiger partial charge in [-0.05, 0) is 55.9 Å². The molecule has 9 heteroatoms. The number of rotatable bonds is 8. The average Bonchev–Trinajstić information content (AvgIpc) is 3.45. The predicted molar refractivity (Wildman–Crippen MR) is 125 cm³/mol. The lowest BCUT2D eigenvalue weighted by Crippen LogP contribution is -2.39. The quantitative estimate of drug-likeness (QED) is 0.567. The van der Waals surface area contributed by atoms with Gasteiger partial charge in [0.25, 0.3) is 5.95 Å². The zero-order chi connectivity index (χ0) is 23.7. The van der Waals surface area contributed by atoms with Crippen molar-refractivity contribution in [3.8, 4) is 11.5 Å². The molecule has 2 aromatic rings. The Morgan fingerprint density at radius 1 is 1.24 bits per heavy atom. The topological polar surface area (TPSA) is 89.0 Å². The molecule has 2 aromatic heterocycles. The van der Waals surface area contributed by atoms with E-state index in [1.165, 1.54) is 0 Å². The highest BCUT2D eigenvalue weighted by Gasteiger charge is 2.38. The lowest BCUT2D eigenvalue weighted by molar-refractivity contribution is 0.0886. The number of ether oxygens (including phenoxy) is 3. The summed E-state index contributed by atoms with van der Waals surface area (Å²) < 4.78 is 32.3. The van der Waals surface area contributed by atoms with Crippen LogP contribution in [0.25, 0.3) is 0 Å². The van der Waals surface area contributed by atoms with Gasteiger partial charge in [0.15, 0.2) is 17.3 Å². The summed E-state index contributed by atoms with van der Waals surface area (Å²) in [5.41, 5.74) is 2.37. The molecular weight excluding hydrogens is 439 g/mol. The summed E-state index contributed by atoms with van der Waals surface area (Å²) in [7, 11) is 0. The minimum absolute atomic E-state index is 0.112. The van der Waals surface area contributed by atoms with Crippen LogP contribution in [0.4, 0.5) is 10.2 Å². The summed E-state index contributed by atoms with van der Waals surface area (Å²) in [5.74, 6) is 1.98. The van der Waals surface area contributed by atoms with E-state index in [1.54, 1.807) is 0 Å². The molecule has 0 bridgehead atoms. The first-order chi connectivity index (χ1) is 16.5. The maximum absolute atomic E-state index is 14.7. The van der Waals surface area contributed by atoms with E-state index >= 15 is 0 Å². The molecule has 0 saturated carbocycles. The Morgan fingerprint density at radius 3 is 2.91 bits per heavy atom. The fraction of sp³-hybridized carbons (Fsp3) is 0.600. The number of halogens is 1. The maximum atomic E-state index is 14.7. The zero-order valence-corrected chi connectivity index (χ0v) is 19.8. The fourth-order valence-electron chi connectivity index (χ4n) is 5.26. The SMILES string of the molecule is Cc1cc(COCC2CC3COc4c(C)ccnc4N3C2)nc(F)c1OCC1CC(CO)CN1.